The third-order valence-electron chi connectivity index (χ3n) is 3.90. The van der Waals surface area contributed by atoms with E-state index in [-0.39, 0.29) is 5.91 Å². The number of rotatable bonds is 3. The first-order chi connectivity index (χ1) is 9.72. The predicted octanol–water partition coefficient (Wildman–Crippen LogP) is 2.97. The predicted molar refractivity (Wildman–Crippen MR) is 83.1 cm³/mol. The van der Waals surface area contributed by atoms with Crippen molar-refractivity contribution in [1.29, 1.82) is 0 Å². The molecule has 1 fully saturated rings. The topological polar surface area (TPSA) is 45.2 Å². The Kier molecular flexibility index (Phi) is 3.87. The van der Waals surface area contributed by atoms with Gasteiger partial charge in [0.2, 0.25) is 5.91 Å². The monoisotopic (exact) mass is 289 g/mol. The fourth-order valence-corrected chi connectivity index (χ4v) is 3.50. The highest BCUT2D eigenvalue weighted by molar-refractivity contribution is 7.22. The number of carbonyl (C=O) groups is 1. The van der Waals surface area contributed by atoms with E-state index in [2.05, 4.69) is 16.4 Å². The number of fused-ring (bicyclic) bond motifs is 1. The number of hydrogen-bond acceptors (Lipinski definition) is 4. The van der Waals surface area contributed by atoms with Gasteiger partial charge in [0.1, 0.15) is 0 Å². The molecule has 1 N–H and O–H groups in total. The van der Waals surface area contributed by atoms with Crippen LogP contribution < -0.4 is 5.32 Å². The fourth-order valence-electron chi connectivity index (χ4n) is 2.63. The number of carbonyl (C=O) groups excluding carboxylic acids is 1. The van der Waals surface area contributed by atoms with Gasteiger partial charge in [-0.3, -0.25) is 4.79 Å². The molecule has 4 nitrogen and oxygen atoms in total. The number of likely N-dealkylation sites (tertiary alicyclic amines) is 1. The van der Waals surface area contributed by atoms with Gasteiger partial charge >= 0.3 is 0 Å². The lowest BCUT2D eigenvalue weighted by atomic mass is 9.97. The number of benzene rings is 1. The lowest BCUT2D eigenvalue weighted by Gasteiger charge is -2.31. The maximum Gasteiger partial charge on any atom is 0.219 e. The van der Waals surface area contributed by atoms with E-state index in [4.69, 9.17) is 0 Å². The molecule has 3 rings (SSSR count). The van der Waals surface area contributed by atoms with Crippen LogP contribution in [0.3, 0.4) is 0 Å². The van der Waals surface area contributed by atoms with Gasteiger partial charge in [0, 0.05) is 26.6 Å². The first-order valence-corrected chi connectivity index (χ1v) is 7.89. The van der Waals surface area contributed by atoms with Crippen molar-refractivity contribution in [3.8, 4) is 0 Å². The Hall–Kier alpha value is -1.62. The number of amides is 1. The zero-order valence-corrected chi connectivity index (χ0v) is 12.4. The Morgan fingerprint density at radius 3 is 2.85 bits per heavy atom. The third kappa shape index (κ3) is 2.93. The van der Waals surface area contributed by atoms with Gasteiger partial charge in [-0.15, -0.1) is 0 Å². The number of nitrogens with one attached hydrogen (secondary N) is 1. The molecule has 2 heterocycles. The van der Waals surface area contributed by atoms with Gasteiger partial charge in [-0.05, 0) is 30.9 Å². The largest absolute Gasteiger partial charge is 0.361 e. The summed E-state index contributed by atoms with van der Waals surface area (Å²) in [5.74, 6) is 0.834. The molecule has 0 atom stereocenters. The summed E-state index contributed by atoms with van der Waals surface area (Å²) in [6.07, 6.45) is 2.16. The van der Waals surface area contributed by atoms with Crippen molar-refractivity contribution in [2.24, 2.45) is 5.92 Å². The number of thiazole rings is 1. The van der Waals surface area contributed by atoms with Crippen LogP contribution in [0, 0.1) is 5.92 Å². The van der Waals surface area contributed by atoms with Crippen molar-refractivity contribution in [1.82, 2.24) is 9.88 Å². The molecule has 1 saturated heterocycles. The van der Waals surface area contributed by atoms with Crippen LogP contribution in [0.4, 0.5) is 5.13 Å². The molecular weight excluding hydrogens is 270 g/mol. The highest BCUT2D eigenvalue weighted by Crippen LogP contribution is 2.26. The molecule has 0 spiro atoms. The maximum absolute atomic E-state index is 11.3. The first-order valence-electron chi connectivity index (χ1n) is 7.07. The molecule has 0 unspecified atom stereocenters. The normalized spacial score (nSPS) is 16.6. The highest BCUT2D eigenvalue weighted by Gasteiger charge is 2.20. The molecule has 0 bridgehead atoms. The summed E-state index contributed by atoms with van der Waals surface area (Å²) in [5.41, 5.74) is 1.06. The minimum atomic E-state index is 0.197. The summed E-state index contributed by atoms with van der Waals surface area (Å²) < 4.78 is 1.22. The van der Waals surface area contributed by atoms with E-state index in [1.165, 1.54) is 4.70 Å². The lowest BCUT2D eigenvalue weighted by molar-refractivity contribution is -0.130. The van der Waals surface area contributed by atoms with E-state index in [0.29, 0.717) is 5.92 Å². The molecule has 1 aromatic heterocycles. The minimum Gasteiger partial charge on any atom is -0.361 e. The summed E-state index contributed by atoms with van der Waals surface area (Å²) in [4.78, 5) is 17.8. The molecule has 20 heavy (non-hydrogen) atoms. The average molecular weight is 289 g/mol. The molecule has 106 valence electrons. The molecule has 1 amide bonds. The van der Waals surface area contributed by atoms with Crippen molar-refractivity contribution in [2.45, 2.75) is 19.8 Å². The Labute approximate surface area is 122 Å². The summed E-state index contributed by atoms with van der Waals surface area (Å²) >= 11 is 1.70. The van der Waals surface area contributed by atoms with E-state index in [0.717, 1.165) is 43.1 Å². The van der Waals surface area contributed by atoms with Gasteiger partial charge in [0.15, 0.2) is 5.13 Å². The van der Waals surface area contributed by atoms with Gasteiger partial charge in [-0.2, -0.15) is 0 Å². The van der Waals surface area contributed by atoms with Crippen molar-refractivity contribution in [2.75, 3.05) is 25.0 Å². The molecule has 1 aliphatic heterocycles. The van der Waals surface area contributed by atoms with Crippen LogP contribution in [0.1, 0.15) is 19.8 Å². The van der Waals surface area contributed by atoms with E-state index < -0.39 is 0 Å². The molecule has 0 aliphatic carbocycles. The molecule has 5 heteroatoms. The number of aromatic nitrogens is 1. The summed E-state index contributed by atoms with van der Waals surface area (Å²) in [5, 5.41) is 4.45. The van der Waals surface area contributed by atoms with Crippen molar-refractivity contribution in [3.05, 3.63) is 24.3 Å². The van der Waals surface area contributed by atoms with Gasteiger partial charge in [0.25, 0.3) is 0 Å². The van der Waals surface area contributed by atoms with E-state index in [9.17, 15) is 4.79 Å². The van der Waals surface area contributed by atoms with Crippen molar-refractivity contribution >= 4 is 32.6 Å². The number of anilines is 1. The second-order valence-electron chi connectivity index (χ2n) is 5.32. The van der Waals surface area contributed by atoms with E-state index >= 15 is 0 Å². The third-order valence-corrected chi connectivity index (χ3v) is 4.89. The summed E-state index contributed by atoms with van der Waals surface area (Å²) in [6, 6.07) is 8.21. The zero-order valence-electron chi connectivity index (χ0n) is 11.6. The number of hydrogen-bond donors (Lipinski definition) is 1. The highest BCUT2D eigenvalue weighted by atomic mass is 32.1. The van der Waals surface area contributed by atoms with Crippen LogP contribution in [0.15, 0.2) is 24.3 Å². The van der Waals surface area contributed by atoms with Crippen LogP contribution in [0.25, 0.3) is 10.2 Å². The van der Waals surface area contributed by atoms with E-state index in [1.54, 1.807) is 18.3 Å². The van der Waals surface area contributed by atoms with Crippen molar-refractivity contribution in [3.63, 3.8) is 0 Å². The van der Waals surface area contributed by atoms with Crippen LogP contribution in [-0.2, 0) is 4.79 Å². The van der Waals surface area contributed by atoms with Crippen LogP contribution in [-0.4, -0.2) is 35.4 Å². The Bertz CT molecular complexity index is 569. The smallest absolute Gasteiger partial charge is 0.219 e. The van der Waals surface area contributed by atoms with Crippen LogP contribution >= 0.6 is 11.3 Å². The zero-order chi connectivity index (χ0) is 13.9. The summed E-state index contributed by atoms with van der Waals surface area (Å²) in [6.45, 7) is 4.38. The van der Waals surface area contributed by atoms with Crippen LogP contribution in [0.5, 0.6) is 0 Å². The lowest BCUT2D eigenvalue weighted by Crippen LogP contribution is -2.38. The van der Waals surface area contributed by atoms with Gasteiger partial charge in [-0.1, -0.05) is 23.5 Å². The van der Waals surface area contributed by atoms with E-state index in [1.807, 2.05) is 23.1 Å². The quantitative estimate of drug-likeness (QED) is 0.945. The Morgan fingerprint density at radius 1 is 1.40 bits per heavy atom. The Balaban J connectivity index is 1.54. The molecule has 1 aromatic carbocycles. The standard InChI is InChI=1S/C15H19N3OS/c1-11(19)18-8-6-12(7-9-18)10-16-15-17-13-4-2-3-5-14(13)20-15/h2-5,12H,6-10H2,1H3,(H,16,17). The average Bonchev–Trinajstić information content (AvgIpc) is 2.88. The molecule has 2 aromatic rings. The minimum absolute atomic E-state index is 0.197. The maximum atomic E-state index is 11.3. The molecular formula is C15H19N3OS. The second-order valence-corrected chi connectivity index (χ2v) is 6.35. The molecule has 0 saturated carbocycles. The van der Waals surface area contributed by atoms with Gasteiger partial charge < -0.3 is 10.2 Å². The Morgan fingerprint density at radius 2 is 2.15 bits per heavy atom. The molecule has 0 radical (unpaired) electrons. The second kappa shape index (κ2) is 5.79. The van der Waals surface area contributed by atoms with Crippen LogP contribution in [0.2, 0.25) is 0 Å². The summed E-state index contributed by atoms with van der Waals surface area (Å²) in [7, 11) is 0. The number of piperidine rings is 1. The first kappa shape index (κ1) is 13.4. The fraction of sp³-hybridized carbons (Fsp3) is 0.467. The number of para-hydroxylation sites is 1. The van der Waals surface area contributed by atoms with Crippen molar-refractivity contribution < 1.29 is 4.79 Å². The van der Waals surface area contributed by atoms with Gasteiger partial charge in [0.05, 0.1) is 10.2 Å². The number of nitrogens with zero attached hydrogens (tertiary/aromatic N) is 2. The SMILES string of the molecule is CC(=O)N1CCC(CNc2nc3ccccc3s2)CC1. The van der Waals surface area contributed by atoms with Gasteiger partial charge in [-0.25, -0.2) is 4.98 Å². The molecule has 1 aliphatic rings.